The Morgan fingerprint density at radius 2 is 1.89 bits per heavy atom. The van der Waals surface area contributed by atoms with Crippen molar-refractivity contribution in [3.05, 3.63) is 54.2 Å². The summed E-state index contributed by atoms with van der Waals surface area (Å²) in [6, 6.07) is 7.50. The third-order valence-electron chi connectivity index (χ3n) is 2.43. The van der Waals surface area contributed by atoms with Gasteiger partial charge >= 0.3 is 0 Å². The van der Waals surface area contributed by atoms with Crippen molar-refractivity contribution in [3.8, 4) is 0 Å². The predicted molar refractivity (Wildman–Crippen MR) is 63.8 cm³/mol. The Kier molecular flexibility index (Phi) is 3.49. The average Bonchev–Trinajstić information content (AvgIpc) is 2.82. The molecule has 0 bridgehead atoms. The van der Waals surface area contributed by atoms with E-state index < -0.39 is 21.9 Å². The summed E-state index contributed by atoms with van der Waals surface area (Å²) in [6.07, 6.45) is 1.47. The normalized spacial score (nSPS) is 13.4. The summed E-state index contributed by atoms with van der Waals surface area (Å²) < 4.78 is 44.2. The minimum Gasteiger partial charge on any atom is -0.468 e. The number of furan rings is 1. The molecule has 0 radical (unpaired) electrons. The van der Waals surface area contributed by atoms with Crippen LogP contribution in [0, 0.1) is 5.82 Å². The van der Waals surface area contributed by atoms with Gasteiger partial charge in [-0.2, -0.15) is 0 Å². The van der Waals surface area contributed by atoms with E-state index in [1.54, 1.807) is 19.1 Å². The largest absolute Gasteiger partial charge is 0.468 e. The minimum absolute atomic E-state index is 0.0160. The van der Waals surface area contributed by atoms with Crippen molar-refractivity contribution in [2.75, 3.05) is 0 Å². The van der Waals surface area contributed by atoms with E-state index in [9.17, 15) is 12.8 Å². The van der Waals surface area contributed by atoms with Crippen molar-refractivity contribution in [1.29, 1.82) is 0 Å². The lowest BCUT2D eigenvalue weighted by atomic mass is 10.3. The van der Waals surface area contributed by atoms with Crippen LogP contribution in [0.15, 0.2) is 52.0 Å². The van der Waals surface area contributed by atoms with E-state index in [1.807, 2.05) is 0 Å². The molecule has 4 nitrogen and oxygen atoms in total. The fourth-order valence-electron chi connectivity index (χ4n) is 1.51. The van der Waals surface area contributed by atoms with Crippen LogP contribution >= 0.6 is 0 Å². The summed E-state index contributed by atoms with van der Waals surface area (Å²) in [5.41, 5.74) is 0. The van der Waals surface area contributed by atoms with Crippen LogP contribution < -0.4 is 4.72 Å². The zero-order valence-corrected chi connectivity index (χ0v) is 10.4. The SMILES string of the molecule is CC(NS(=O)(=O)c1ccc(F)cc1)c1ccco1. The number of benzene rings is 1. The molecule has 0 saturated carbocycles. The Bertz CT molecular complexity index is 605. The van der Waals surface area contributed by atoms with Crippen LogP contribution in [0.3, 0.4) is 0 Å². The number of halogens is 1. The highest BCUT2D eigenvalue weighted by Crippen LogP contribution is 2.17. The highest BCUT2D eigenvalue weighted by atomic mass is 32.2. The van der Waals surface area contributed by atoms with Gasteiger partial charge in [0.1, 0.15) is 11.6 Å². The molecule has 18 heavy (non-hydrogen) atoms. The second kappa shape index (κ2) is 4.91. The molecule has 6 heteroatoms. The van der Waals surface area contributed by atoms with E-state index in [1.165, 1.54) is 18.4 Å². The van der Waals surface area contributed by atoms with Crippen LogP contribution in [-0.2, 0) is 10.0 Å². The number of sulfonamides is 1. The number of rotatable bonds is 4. The van der Waals surface area contributed by atoms with Crippen LogP contribution in [0.5, 0.6) is 0 Å². The molecule has 1 N–H and O–H groups in total. The van der Waals surface area contributed by atoms with Crippen molar-refractivity contribution in [2.24, 2.45) is 0 Å². The van der Waals surface area contributed by atoms with E-state index in [2.05, 4.69) is 4.72 Å². The first-order valence-electron chi connectivity index (χ1n) is 5.30. The standard InChI is InChI=1S/C12H12FNO3S/c1-9(12-3-2-8-17-12)14-18(15,16)11-6-4-10(13)5-7-11/h2-9,14H,1H3. The van der Waals surface area contributed by atoms with Gasteiger partial charge in [0.2, 0.25) is 10.0 Å². The van der Waals surface area contributed by atoms with Crippen molar-refractivity contribution in [3.63, 3.8) is 0 Å². The molecule has 0 amide bonds. The summed E-state index contributed by atoms with van der Waals surface area (Å²) in [4.78, 5) is 0.0160. The van der Waals surface area contributed by atoms with Crippen LogP contribution in [0.4, 0.5) is 4.39 Å². The highest BCUT2D eigenvalue weighted by Gasteiger charge is 2.19. The summed E-state index contributed by atoms with van der Waals surface area (Å²) >= 11 is 0. The molecule has 96 valence electrons. The first-order chi connectivity index (χ1) is 8.49. The predicted octanol–water partition coefficient (Wildman–Crippen LogP) is 2.46. The first-order valence-corrected chi connectivity index (χ1v) is 6.78. The summed E-state index contributed by atoms with van der Waals surface area (Å²) in [5, 5.41) is 0. The molecule has 2 rings (SSSR count). The molecule has 1 atom stereocenters. The third kappa shape index (κ3) is 2.77. The zero-order valence-electron chi connectivity index (χ0n) is 9.63. The second-order valence-corrected chi connectivity index (χ2v) is 5.53. The van der Waals surface area contributed by atoms with E-state index >= 15 is 0 Å². The van der Waals surface area contributed by atoms with E-state index in [4.69, 9.17) is 4.42 Å². The van der Waals surface area contributed by atoms with Gasteiger partial charge in [-0.3, -0.25) is 0 Å². The van der Waals surface area contributed by atoms with Gasteiger partial charge < -0.3 is 4.42 Å². The molecule has 1 unspecified atom stereocenters. The Morgan fingerprint density at radius 3 is 2.44 bits per heavy atom. The van der Waals surface area contributed by atoms with Crippen LogP contribution in [-0.4, -0.2) is 8.42 Å². The molecule has 0 saturated heterocycles. The van der Waals surface area contributed by atoms with Gasteiger partial charge in [0, 0.05) is 0 Å². The Balaban J connectivity index is 2.20. The highest BCUT2D eigenvalue weighted by molar-refractivity contribution is 7.89. The lowest BCUT2D eigenvalue weighted by Crippen LogP contribution is -2.26. The number of nitrogens with one attached hydrogen (secondary N) is 1. The van der Waals surface area contributed by atoms with E-state index in [-0.39, 0.29) is 4.90 Å². The van der Waals surface area contributed by atoms with Crippen LogP contribution in [0.2, 0.25) is 0 Å². The lowest BCUT2D eigenvalue weighted by Gasteiger charge is -2.11. The van der Waals surface area contributed by atoms with Gasteiger partial charge in [0.15, 0.2) is 0 Å². The molecular weight excluding hydrogens is 257 g/mol. The van der Waals surface area contributed by atoms with Crippen LogP contribution in [0.1, 0.15) is 18.7 Å². The molecule has 0 aliphatic carbocycles. The summed E-state index contributed by atoms with van der Waals surface area (Å²) in [5.74, 6) is 0.0359. The van der Waals surface area contributed by atoms with Crippen LogP contribution in [0.25, 0.3) is 0 Å². The summed E-state index contributed by atoms with van der Waals surface area (Å²) in [7, 11) is -3.68. The van der Waals surface area contributed by atoms with Crippen molar-refractivity contribution in [1.82, 2.24) is 4.72 Å². The van der Waals surface area contributed by atoms with Crippen molar-refractivity contribution >= 4 is 10.0 Å². The van der Waals surface area contributed by atoms with Crippen molar-refractivity contribution in [2.45, 2.75) is 17.9 Å². The van der Waals surface area contributed by atoms with Gasteiger partial charge in [-0.1, -0.05) is 0 Å². The Labute approximate surface area is 104 Å². The van der Waals surface area contributed by atoms with Gasteiger partial charge in [0.25, 0.3) is 0 Å². The van der Waals surface area contributed by atoms with E-state index in [0.717, 1.165) is 12.1 Å². The molecular formula is C12H12FNO3S. The molecule has 1 aromatic heterocycles. The third-order valence-corrected chi connectivity index (χ3v) is 3.98. The quantitative estimate of drug-likeness (QED) is 0.927. The topological polar surface area (TPSA) is 59.3 Å². The molecule has 2 aromatic rings. The number of hydrogen-bond acceptors (Lipinski definition) is 3. The maximum Gasteiger partial charge on any atom is 0.241 e. The fraction of sp³-hybridized carbons (Fsp3) is 0.167. The molecule has 0 fully saturated rings. The molecule has 0 aliphatic heterocycles. The Hall–Kier alpha value is -1.66. The lowest BCUT2D eigenvalue weighted by molar-refractivity contribution is 0.459. The second-order valence-electron chi connectivity index (χ2n) is 3.81. The van der Waals surface area contributed by atoms with Gasteiger partial charge in [-0.05, 0) is 43.3 Å². The number of hydrogen-bond donors (Lipinski definition) is 1. The monoisotopic (exact) mass is 269 g/mol. The molecule has 0 aliphatic rings. The van der Waals surface area contributed by atoms with E-state index in [0.29, 0.717) is 5.76 Å². The minimum atomic E-state index is -3.68. The smallest absolute Gasteiger partial charge is 0.241 e. The molecule has 0 spiro atoms. The maximum atomic E-state index is 12.7. The van der Waals surface area contributed by atoms with Gasteiger partial charge in [-0.15, -0.1) is 0 Å². The fourth-order valence-corrected chi connectivity index (χ4v) is 2.72. The van der Waals surface area contributed by atoms with Gasteiger partial charge in [0.05, 0.1) is 17.2 Å². The molecule has 1 heterocycles. The average molecular weight is 269 g/mol. The maximum absolute atomic E-state index is 12.7. The zero-order chi connectivity index (χ0) is 13.2. The molecule has 1 aromatic carbocycles. The Morgan fingerprint density at radius 1 is 1.22 bits per heavy atom. The van der Waals surface area contributed by atoms with Crippen molar-refractivity contribution < 1.29 is 17.2 Å². The summed E-state index contributed by atoms with van der Waals surface area (Å²) in [6.45, 7) is 1.67. The van der Waals surface area contributed by atoms with Gasteiger partial charge in [-0.25, -0.2) is 17.5 Å². The first kappa shape index (κ1) is 12.8.